The van der Waals surface area contributed by atoms with Crippen molar-refractivity contribution in [2.24, 2.45) is 0 Å². The van der Waals surface area contributed by atoms with Gasteiger partial charge in [-0.05, 0) is 43.0 Å². The number of imidazole rings is 1. The molecular formula is C19H18N6O2S. The van der Waals surface area contributed by atoms with Gasteiger partial charge in [0.15, 0.2) is 0 Å². The molecule has 1 saturated carbocycles. The van der Waals surface area contributed by atoms with Crippen molar-refractivity contribution in [2.45, 2.75) is 24.9 Å². The van der Waals surface area contributed by atoms with E-state index in [1.165, 1.54) is 4.88 Å². The average molecular weight is 394 g/mol. The van der Waals surface area contributed by atoms with E-state index < -0.39 is 6.10 Å². The molecule has 142 valence electrons. The number of nitrogens with zero attached hydrogens (tertiary/aromatic N) is 5. The van der Waals surface area contributed by atoms with Crippen LogP contribution in [0.4, 0.5) is 0 Å². The van der Waals surface area contributed by atoms with E-state index in [0.717, 1.165) is 29.1 Å². The minimum absolute atomic E-state index is 0.143. The number of nitrogens with one attached hydrogen (secondary N) is 1. The maximum absolute atomic E-state index is 11.7. The van der Waals surface area contributed by atoms with E-state index in [0.29, 0.717) is 17.2 Å². The van der Waals surface area contributed by atoms with Crippen LogP contribution in [0.1, 0.15) is 51.5 Å². The molecule has 2 N–H and O–H groups in total. The summed E-state index contributed by atoms with van der Waals surface area (Å²) in [6, 6.07) is 7.05. The smallest absolute Gasteiger partial charge is 0.251 e. The van der Waals surface area contributed by atoms with Crippen LogP contribution in [0.25, 0.3) is 10.5 Å². The summed E-state index contributed by atoms with van der Waals surface area (Å²) in [4.78, 5) is 18.1. The van der Waals surface area contributed by atoms with E-state index in [9.17, 15) is 9.90 Å². The highest BCUT2D eigenvalue weighted by atomic mass is 32.1. The molecule has 0 radical (unpaired) electrons. The second-order valence-electron chi connectivity index (χ2n) is 6.84. The highest BCUT2D eigenvalue weighted by Crippen LogP contribution is 2.47. The zero-order chi connectivity index (χ0) is 19.3. The molecule has 0 bridgehead atoms. The van der Waals surface area contributed by atoms with Gasteiger partial charge in [0.25, 0.3) is 5.91 Å². The van der Waals surface area contributed by atoms with Gasteiger partial charge in [0.1, 0.15) is 23.0 Å². The molecule has 0 saturated heterocycles. The SMILES string of the molecule is CNC(=O)c1ccc(-n2cc(C(O)c3c(C4CC4)sc4cncn34)nn2)cc1. The van der Waals surface area contributed by atoms with Crippen LogP contribution >= 0.6 is 11.3 Å². The number of carbonyl (C=O) groups excluding carboxylic acids is 1. The van der Waals surface area contributed by atoms with Gasteiger partial charge in [-0.3, -0.25) is 9.20 Å². The van der Waals surface area contributed by atoms with Crippen molar-refractivity contribution in [1.29, 1.82) is 0 Å². The van der Waals surface area contributed by atoms with Gasteiger partial charge < -0.3 is 10.4 Å². The third-order valence-electron chi connectivity index (χ3n) is 4.95. The molecule has 1 atom stereocenters. The van der Waals surface area contributed by atoms with Crippen molar-refractivity contribution >= 4 is 22.1 Å². The number of rotatable bonds is 5. The molecule has 1 aliphatic carbocycles. The summed E-state index contributed by atoms with van der Waals surface area (Å²) < 4.78 is 3.54. The first-order valence-corrected chi connectivity index (χ1v) is 9.85. The number of benzene rings is 1. The van der Waals surface area contributed by atoms with Gasteiger partial charge in [0, 0.05) is 17.5 Å². The number of hydrogen-bond donors (Lipinski definition) is 2. The number of fused-ring (bicyclic) bond motifs is 1. The van der Waals surface area contributed by atoms with Crippen LogP contribution in [0.15, 0.2) is 43.0 Å². The lowest BCUT2D eigenvalue weighted by Crippen LogP contribution is -2.17. The Kier molecular flexibility index (Phi) is 3.99. The highest BCUT2D eigenvalue weighted by Gasteiger charge is 2.33. The third kappa shape index (κ3) is 2.79. The van der Waals surface area contributed by atoms with Crippen LogP contribution < -0.4 is 5.32 Å². The van der Waals surface area contributed by atoms with Crippen molar-refractivity contribution in [3.05, 3.63) is 64.8 Å². The van der Waals surface area contributed by atoms with Gasteiger partial charge in [0.2, 0.25) is 0 Å². The topological polar surface area (TPSA) is 97.3 Å². The Morgan fingerprint density at radius 1 is 1.32 bits per heavy atom. The molecule has 1 aromatic carbocycles. The number of carbonyl (C=O) groups is 1. The largest absolute Gasteiger partial charge is 0.380 e. The zero-order valence-electron chi connectivity index (χ0n) is 15.1. The molecule has 28 heavy (non-hydrogen) atoms. The Morgan fingerprint density at radius 3 is 2.82 bits per heavy atom. The second-order valence-corrected chi connectivity index (χ2v) is 7.91. The minimum Gasteiger partial charge on any atom is -0.380 e. The fourth-order valence-electron chi connectivity index (χ4n) is 3.31. The van der Waals surface area contributed by atoms with E-state index in [4.69, 9.17) is 0 Å². The number of amides is 1. The molecule has 1 fully saturated rings. The predicted molar refractivity (Wildman–Crippen MR) is 104 cm³/mol. The molecule has 4 aromatic rings. The Bertz CT molecular complexity index is 1150. The second kappa shape index (κ2) is 6.54. The van der Waals surface area contributed by atoms with Crippen molar-refractivity contribution < 1.29 is 9.90 Å². The van der Waals surface area contributed by atoms with E-state index >= 15 is 0 Å². The lowest BCUT2D eigenvalue weighted by Gasteiger charge is -2.09. The molecule has 0 aliphatic heterocycles. The van der Waals surface area contributed by atoms with Gasteiger partial charge in [-0.1, -0.05) is 5.21 Å². The van der Waals surface area contributed by atoms with Gasteiger partial charge in [-0.25, -0.2) is 9.67 Å². The first-order valence-electron chi connectivity index (χ1n) is 9.03. The fraction of sp³-hybridized carbons (Fsp3) is 0.263. The Morgan fingerprint density at radius 2 is 2.11 bits per heavy atom. The Labute approximate surface area is 164 Å². The molecule has 1 unspecified atom stereocenters. The number of hydrogen-bond acceptors (Lipinski definition) is 6. The van der Waals surface area contributed by atoms with Crippen molar-refractivity contribution in [1.82, 2.24) is 29.7 Å². The third-order valence-corrected chi connectivity index (χ3v) is 6.22. The Hall–Kier alpha value is -3.04. The summed E-state index contributed by atoms with van der Waals surface area (Å²) >= 11 is 1.68. The van der Waals surface area contributed by atoms with Crippen LogP contribution in [0.3, 0.4) is 0 Å². The monoisotopic (exact) mass is 394 g/mol. The number of aliphatic hydroxyl groups is 1. The van der Waals surface area contributed by atoms with Crippen LogP contribution in [0.5, 0.6) is 0 Å². The van der Waals surface area contributed by atoms with Crippen molar-refractivity contribution in [3.63, 3.8) is 0 Å². The van der Waals surface area contributed by atoms with E-state index in [1.54, 1.807) is 59.9 Å². The summed E-state index contributed by atoms with van der Waals surface area (Å²) in [5.41, 5.74) is 2.65. The minimum atomic E-state index is -0.877. The Balaban J connectivity index is 1.47. The van der Waals surface area contributed by atoms with E-state index in [-0.39, 0.29) is 5.91 Å². The lowest BCUT2D eigenvalue weighted by atomic mass is 10.1. The first kappa shape index (κ1) is 17.1. The summed E-state index contributed by atoms with van der Waals surface area (Å²) in [5, 5.41) is 22.0. The summed E-state index contributed by atoms with van der Waals surface area (Å²) in [5.74, 6) is 0.373. The number of aliphatic hydroxyl groups excluding tert-OH is 1. The quantitative estimate of drug-likeness (QED) is 0.541. The molecular weight excluding hydrogens is 376 g/mol. The number of thiazole rings is 1. The van der Waals surface area contributed by atoms with Crippen LogP contribution in [-0.4, -0.2) is 42.4 Å². The predicted octanol–water partition coefficient (Wildman–Crippen LogP) is 2.30. The molecule has 5 rings (SSSR count). The van der Waals surface area contributed by atoms with Crippen LogP contribution in [-0.2, 0) is 0 Å². The fourth-order valence-corrected chi connectivity index (χ4v) is 4.61. The van der Waals surface area contributed by atoms with Crippen molar-refractivity contribution in [2.75, 3.05) is 7.05 Å². The standard InChI is InChI=1S/C19H18N6O2S/c1-20-19(27)12-4-6-13(7-5-12)25-9-14(22-23-25)17(26)16-18(11-2-3-11)28-15-8-21-10-24(15)16/h4-11,17,26H,2-3H2,1H3,(H,20,27). The molecule has 1 amide bonds. The summed E-state index contributed by atoms with van der Waals surface area (Å²) in [7, 11) is 1.60. The highest BCUT2D eigenvalue weighted by molar-refractivity contribution is 7.17. The number of aromatic nitrogens is 5. The van der Waals surface area contributed by atoms with Gasteiger partial charge in [-0.15, -0.1) is 16.4 Å². The lowest BCUT2D eigenvalue weighted by molar-refractivity contribution is 0.0963. The van der Waals surface area contributed by atoms with Crippen LogP contribution in [0.2, 0.25) is 0 Å². The van der Waals surface area contributed by atoms with Gasteiger partial charge in [-0.2, -0.15) is 0 Å². The molecule has 9 heteroatoms. The van der Waals surface area contributed by atoms with Gasteiger partial charge >= 0.3 is 0 Å². The molecule has 1 aliphatic rings. The van der Waals surface area contributed by atoms with E-state index in [1.807, 2.05) is 10.6 Å². The molecule has 3 heterocycles. The maximum atomic E-state index is 11.7. The molecule has 0 spiro atoms. The first-order chi connectivity index (χ1) is 13.7. The summed E-state index contributed by atoms with van der Waals surface area (Å²) in [6.45, 7) is 0. The average Bonchev–Trinajstić information content (AvgIpc) is 3.13. The normalized spacial score (nSPS) is 15.1. The zero-order valence-corrected chi connectivity index (χ0v) is 15.9. The maximum Gasteiger partial charge on any atom is 0.251 e. The molecule has 3 aromatic heterocycles. The molecule has 8 nitrogen and oxygen atoms in total. The van der Waals surface area contributed by atoms with Crippen LogP contribution in [0, 0.1) is 0 Å². The summed E-state index contributed by atoms with van der Waals surface area (Å²) in [6.07, 6.45) is 6.70. The van der Waals surface area contributed by atoms with E-state index in [2.05, 4.69) is 20.6 Å². The van der Waals surface area contributed by atoms with Crippen molar-refractivity contribution in [3.8, 4) is 5.69 Å². The van der Waals surface area contributed by atoms with Gasteiger partial charge in [0.05, 0.1) is 23.8 Å².